The Kier molecular flexibility index (Phi) is 7.77. The smallest absolute Gasteiger partial charge is 0.286 e. The Morgan fingerprint density at radius 3 is 1.94 bits per heavy atom. The number of piperazine rings is 1. The topological polar surface area (TPSA) is 121 Å². The van der Waals surface area contributed by atoms with Gasteiger partial charge in [0.15, 0.2) is 23.0 Å². The van der Waals surface area contributed by atoms with Crippen LogP contribution < -0.4 is 18.9 Å². The number of nitrogens with zero attached hydrogens (tertiary/aromatic N) is 3. The average Bonchev–Trinajstić information content (AvgIpc) is 2.87. The molecule has 11 heteroatoms. The van der Waals surface area contributed by atoms with Crippen molar-refractivity contribution >= 4 is 17.5 Å². The fourth-order valence-corrected chi connectivity index (χ4v) is 3.73. The van der Waals surface area contributed by atoms with E-state index in [0.717, 1.165) is 0 Å². The second-order valence-electron chi connectivity index (χ2n) is 7.36. The van der Waals surface area contributed by atoms with E-state index in [-0.39, 0.29) is 54.8 Å². The minimum absolute atomic E-state index is 0.0890. The molecule has 0 saturated carbocycles. The Morgan fingerprint density at radius 1 is 0.853 bits per heavy atom. The van der Waals surface area contributed by atoms with E-state index in [9.17, 15) is 19.7 Å². The van der Waals surface area contributed by atoms with Crippen molar-refractivity contribution < 1.29 is 33.5 Å². The minimum Gasteiger partial charge on any atom is -0.493 e. The Balaban J connectivity index is 1.76. The van der Waals surface area contributed by atoms with Crippen molar-refractivity contribution in [2.75, 3.05) is 54.1 Å². The van der Waals surface area contributed by atoms with Gasteiger partial charge in [-0.15, -0.1) is 0 Å². The molecular formula is C23H27N3O8. The number of nitro benzene ring substituents is 1. The molecule has 0 N–H and O–H groups in total. The molecule has 2 aromatic carbocycles. The van der Waals surface area contributed by atoms with Crippen LogP contribution in [0.15, 0.2) is 30.3 Å². The van der Waals surface area contributed by atoms with Crippen LogP contribution in [0.2, 0.25) is 0 Å². The number of amides is 2. The van der Waals surface area contributed by atoms with Gasteiger partial charge in [-0.3, -0.25) is 19.7 Å². The van der Waals surface area contributed by atoms with Gasteiger partial charge in [0.1, 0.15) is 5.56 Å². The lowest BCUT2D eigenvalue weighted by Crippen LogP contribution is -2.50. The Labute approximate surface area is 196 Å². The van der Waals surface area contributed by atoms with Crippen molar-refractivity contribution in [1.82, 2.24) is 9.80 Å². The van der Waals surface area contributed by atoms with E-state index in [0.29, 0.717) is 23.7 Å². The van der Waals surface area contributed by atoms with Gasteiger partial charge in [0.05, 0.1) is 38.9 Å². The fraction of sp³-hybridized carbons (Fsp3) is 0.391. The molecule has 1 aliphatic rings. The Hall–Kier alpha value is -4.02. The van der Waals surface area contributed by atoms with Gasteiger partial charge in [-0.25, -0.2) is 0 Å². The number of rotatable bonds is 8. The molecule has 1 heterocycles. The van der Waals surface area contributed by atoms with Crippen molar-refractivity contribution in [1.29, 1.82) is 0 Å². The van der Waals surface area contributed by atoms with E-state index in [2.05, 4.69) is 0 Å². The summed E-state index contributed by atoms with van der Waals surface area (Å²) in [5.41, 5.74) is -0.0207. The van der Waals surface area contributed by atoms with Crippen molar-refractivity contribution in [3.8, 4) is 23.0 Å². The fourth-order valence-electron chi connectivity index (χ4n) is 3.73. The van der Waals surface area contributed by atoms with Crippen LogP contribution in [0.1, 0.15) is 27.6 Å². The predicted octanol–water partition coefficient (Wildman–Crippen LogP) is 2.62. The largest absolute Gasteiger partial charge is 0.493 e. The average molecular weight is 473 g/mol. The SMILES string of the molecule is CCOc1cc(C(=O)N2CCN(C(=O)c3ccc(OC)c(OC)c3)CC2)c([N+](=O)[O-])cc1OC. The number of methoxy groups -OCH3 is 3. The molecule has 34 heavy (non-hydrogen) atoms. The second-order valence-corrected chi connectivity index (χ2v) is 7.36. The maximum atomic E-state index is 13.2. The van der Waals surface area contributed by atoms with Crippen LogP contribution in [-0.2, 0) is 0 Å². The van der Waals surface area contributed by atoms with Crippen LogP contribution in [0.4, 0.5) is 5.69 Å². The maximum Gasteiger partial charge on any atom is 0.286 e. The normalized spacial score (nSPS) is 13.3. The molecule has 182 valence electrons. The molecule has 0 aromatic heterocycles. The number of carbonyl (C=O) groups excluding carboxylic acids is 2. The molecule has 11 nitrogen and oxygen atoms in total. The highest BCUT2D eigenvalue weighted by molar-refractivity contribution is 5.99. The number of hydrogen-bond acceptors (Lipinski definition) is 8. The molecular weight excluding hydrogens is 446 g/mol. The summed E-state index contributed by atoms with van der Waals surface area (Å²) >= 11 is 0. The quantitative estimate of drug-likeness (QED) is 0.424. The van der Waals surface area contributed by atoms with Crippen LogP contribution >= 0.6 is 0 Å². The number of benzene rings is 2. The van der Waals surface area contributed by atoms with Gasteiger partial charge in [-0.05, 0) is 25.1 Å². The Bertz CT molecular complexity index is 1080. The van der Waals surface area contributed by atoms with E-state index in [1.165, 1.54) is 38.4 Å². The summed E-state index contributed by atoms with van der Waals surface area (Å²) in [6, 6.07) is 7.44. The third kappa shape index (κ3) is 4.98. The van der Waals surface area contributed by atoms with E-state index in [1.807, 2.05) is 0 Å². The summed E-state index contributed by atoms with van der Waals surface area (Å²) in [6.07, 6.45) is 0. The third-order valence-corrected chi connectivity index (χ3v) is 5.49. The number of hydrogen-bond donors (Lipinski definition) is 0. The van der Waals surface area contributed by atoms with Crippen molar-refractivity contribution in [3.63, 3.8) is 0 Å². The second kappa shape index (κ2) is 10.7. The van der Waals surface area contributed by atoms with Gasteiger partial charge in [0, 0.05) is 37.8 Å². The molecule has 0 unspecified atom stereocenters. The van der Waals surface area contributed by atoms with E-state index >= 15 is 0 Å². The summed E-state index contributed by atoms with van der Waals surface area (Å²) in [5, 5.41) is 11.6. The van der Waals surface area contributed by atoms with Gasteiger partial charge in [-0.2, -0.15) is 0 Å². The van der Waals surface area contributed by atoms with Crippen LogP contribution in [0.3, 0.4) is 0 Å². The van der Waals surface area contributed by atoms with Crippen LogP contribution in [0, 0.1) is 10.1 Å². The van der Waals surface area contributed by atoms with Gasteiger partial charge in [0.25, 0.3) is 17.5 Å². The summed E-state index contributed by atoms with van der Waals surface area (Å²) in [4.78, 5) is 40.2. The highest BCUT2D eigenvalue weighted by atomic mass is 16.6. The molecule has 1 aliphatic heterocycles. The number of nitro groups is 1. The lowest BCUT2D eigenvalue weighted by atomic mass is 10.1. The summed E-state index contributed by atoms with van der Waals surface area (Å²) < 4.78 is 21.1. The molecule has 0 aliphatic carbocycles. The van der Waals surface area contributed by atoms with Crippen LogP contribution in [-0.4, -0.2) is 80.7 Å². The van der Waals surface area contributed by atoms with E-state index < -0.39 is 10.8 Å². The van der Waals surface area contributed by atoms with Crippen molar-refractivity contribution in [2.24, 2.45) is 0 Å². The van der Waals surface area contributed by atoms with Gasteiger partial charge < -0.3 is 28.7 Å². The zero-order valence-corrected chi connectivity index (χ0v) is 19.5. The number of carbonyl (C=O) groups is 2. The highest BCUT2D eigenvalue weighted by Crippen LogP contribution is 2.35. The molecule has 0 bridgehead atoms. The van der Waals surface area contributed by atoms with Gasteiger partial charge >= 0.3 is 0 Å². The zero-order valence-electron chi connectivity index (χ0n) is 19.5. The molecule has 0 atom stereocenters. The summed E-state index contributed by atoms with van der Waals surface area (Å²) in [7, 11) is 4.38. The summed E-state index contributed by atoms with van der Waals surface area (Å²) in [5.74, 6) is 0.674. The first-order chi connectivity index (χ1) is 16.3. The lowest BCUT2D eigenvalue weighted by molar-refractivity contribution is -0.385. The molecule has 2 amide bonds. The standard InChI is InChI=1S/C23H27N3O8/c1-5-34-21-13-16(17(26(29)30)14-20(21)33-4)23(28)25-10-8-24(9-11-25)22(27)15-6-7-18(31-2)19(12-15)32-3/h6-7,12-14H,5,8-11H2,1-4H3. The van der Waals surface area contributed by atoms with Gasteiger partial charge in [0.2, 0.25) is 0 Å². The molecule has 1 fully saturated rings. The van der Waals surface area contributed by atoms with Crippen LogP contribution in [0.25, 0.3) is 0 Å². The first-order valence-corrected chi connectivity index (χ1v) is 10.6. The Morgan fingerprint density at radius 2 is 1.41 bits per heavy atom. The number of ether oxygens (including phenoxy) is 4. The molecule has 0 spiro atoms. The minimum atomic E-state index is -0.623. The van der Waals surface area contributed by atoms with Crippen LogP contribution in [0.5, 0.6) is 23.0 Å². The monoisotopic (exact) mass is 473 g/mol. The molecule has 0 radical (unpaired) electrons. The third-order valence-electron chi connectivity index (χ3n) is 5.49. The predicted molar refractivity (Wildman–Crippen MR) is 122 cm³/mol. The maximum absolute atomic E-state index is 13.2. The van der Waals surface area contributed by atoms with Crippen molar-refractivity contribution in [2.45, 2.75) is 6.92 Å². The van der Waals surface area contributed by atoms with E-state index in [4.69, 9.17) is 18.9 Å². The summed E-state index contributed by atoms with van der Waals surface area (Å²) in [6.45, 7) is 3.08. The first kappa shape index (κ1) is 24.6. The molecule has 1 saturated heterocycles. The van der Waals surface area contributed by atoms with Gasteiger partial charge in [-0.1, -0.05) is 0 Å². The molecule has 2 aromatic rings. The highest BCUT2D eigenvalue weighted by Gasteiger charge is 2.31. The van der Waals surface area contributed by atoms with Crippen molar-refractivity contribution in [3.05, 3.63) is 51.6 Å². The van der Waals surface area contributed by atoms with E-state index in [1.54, 1.807) is 30.0 Å². The first-order valence-electron chi connectivity index (χ1n) is 10.6. The molecule has 3 rings (SSSR count). The zero-order chi connectivity index (χ0) is 24.8. The lowest BCUT2D eigenvalue weighted by Gasteiger charge is -2.35.